The van der Waals surface area contributed by atoms with Crippen molar-refractivity contribution in [3.8, 4) is 11.4 Å². The van der Waals surface area contributed by atoms with E-state index < -0.39 is 23.5 Å². The van der Waals surface area contributed by atoms with Crippen LogP contribution in [-0.2, 0) is 30.4 Å². The van der Waals surface area contributed by atoms with E-state index in [1.807, 2.05) is 0 Å². The van der Waals surface area contributed by atoms with Crippen molar-refractivity contribution < 1.29 is 27.1 Å². The average molecular weight is 591 g/mol. The largest absolute Gasteiger partial charge is 0.497 e. The quantitative estimate of drug-likeness (QED) is 0.204. The first-order valence-corrected chi connectivity index (χ1v) is 13.3. The molecule has 0 saturated carbocycles. The molecular formula is C32H26F4N4O3. The third-order valence-electron chi connectivity index (χ3n) is 6.92. The monoisotopic (exact) mass is 590 g/mol. The predicted molar refractivity (Wildman–Crippen MR) is 152 cm³/mol. The summed E-state index contributed by atoms with van der Waals surface area (Å²) in [6.45, 7) is 0.244. The Morgan fingerprint density at radius 2 is 1.74 bits per heavy atom. The van der Waals surface area contributed by atoms with Crippen LogP contribution in [0.1, 0.15) is 22.5 Å². The summed E-state index contributed by atoms with van der Waals surface area (Å²) in [5.74, 6) is -0.874. The van der Waals surface area contributed by atoms with Crippen LogP contribution in [0.2, 0.25) is 0 Å². The van der Waals surface area contributed by atoms with Crippen molar-refractivity contribution in [2.75, 3.05) is 13.7 Å². The van der Waals surface area contributed by atoms with Gasteiger partial charge in [0.15, 0.2) is 0 Å². The van der Waals surface area contributed by atoms with E-state index in [4.69, 9.17) is 9.72 Å². The fourth-order valence-corrected chi connectivity index (χ4v) is 4.77. The zero-order valence-corrected chi connectivity index (χ0v) is 23.0. The van der Waals surface area contributed by atoms with Crippen molar-refractivity contribution >= 4 is 16.8 Å². The van der Waals surface area contributed by atoms with Crippen LogP contribution in [-0.4, -0.2) is 39.0 Å². The average Bonchev–Trinajstić information content (AvgIpc) is 2.99. The molecular weight excluding hydrogens is 564 g/mol. The first-order valence-electron chi connectivity index (χ1n) is 13.3. The standard InChI is InChI=1S/C32H26F4N4O3/c1-43-24-11-9-23(10-12-24)40-29(38-28-7-3-2-6-25(28)31(40)42)14-16-39(20-22-5-4-15-37-19-22)30(41)18-21-8-13-26(27(33)17-21)32(34,35)36/h2-13,15,17,19H,14,16,18,20H2,1H3. The van der Waals surface area contributed by atoms with E-state index in [1.54, 1.807) is 73.1 Å². The van der Waals surface area contributed by atoms with Gasteiger partial charge in [0.2, 0.25) is 5.91 Å². The first-order chi connectivity index (χ1) is 20.6. The summed E-state index contributed by atoms with van der Waals surface area (Å²) in [6.07, 6.45) is -1.82. The Bertz CT molecular complexity index is 1810. The van der Waals surface area contributed by atoms with E-state index in [9.17, 15) is 27.2 Å². The molecule has 0 radical (unpaired) electrons. The maximum absolute atomic E-state index is 14.2. The van der Waals surface area contributed by atoms with E-state index in [0.29, 0.717) is 39.8 Å². The summed E-state index contributed by atoms with van der Waals surface area (Å²) in [7, 11) is 1.54. The number of ether oxygens (including phenoxy) is 1. The second kappa shape index (κ2) is 12.4. The number of hydrogen-bond donors (Lipinski definition) is 0. The van der Waals surface area contributed by atoms with E-state index >= 15 is 0 Å². The highest BCUT2D eigenvalue weighted by Crippen LogP contribution is 2.31. The van der Waals surface area contributed by atoms with Crippen LogP contribution in [0, 0.1) is 5.82 Å². The number of rotatable bonds is 9. The molecule has 0 aliphatic heterocycles. The van der Waals surface area contributed by atoms with Gasteiger partial charge < -0.3 is 9.64 Å². The lowest BCUT2D eigenvalue weighted by molar-refractivity contribution is -0.140. The van der Waals surface area contributed by atoms with E-state index in [2.05, 4.69) is 4.98 Å². The number of carbonyl (C=O) groups excluding carboxylic acids is 1. The molecule has 0 fully saturated rings. The van der Waals surface area contributed by atoms with Crippen LogP contribution in [0.25, 0.3) is 16.6 Å². The predicted octanol–water partition coefficient (Wildman–Crippen LogP) is 5.76. The molecule has 0 N–H and O–H groups in total. The Balaban J connectivity index is 1.47. The minimum Gasteiger partial charge on any atom is -0.497 e. The Labute approximate surface area is 244 Å². The van der Waals surface area contributed by atoms with Crippen molar-refractivity contribution in [3.63, 3.8) is 0 Å². The van der Waals surface area contributed by atoms with Crippen LogP contribution in [0.3, 0.4) is 0 Å². The number of methoxy groups -OCH3 is 1. The fraction of sp³-hybridized carbons (Fsp3) is 0.188. The Kier molecular flexibility index (Phi) is 8.51. The SMILES string of the molecule is COc1ccc(-n2c(CCN(Cc3cccnc3)C(=O)Cc3ccc(C(F)(F)F)c(F)c3)nc3ccccc3c2=O)cc1. The summed E-state index contributed by atoms with van der Waals surface area (Å²) in [5.41, 5.74) is 0.201. The molecule has 0 aliphatic rings. The lowest BCUT2D eigenvalue weighted by Gasteiger charge is -2.24. The van der Waals surface area contributed by atoms with Gasteiger partial charge in [-0.2, -0.15) is 13.2 Å². The van der Waals surface area contributed by atoms with Crippen molar-refractivity contribution in [2.24, 2.45) is 0 Å². The number of benzene rings is 3. The van der Waals surface area contributed by atoms with E-state index in [0.717, 1.165) is 12.1 Å². The molecule has 1 amide bonds. The van der Waals surface area contributed by atoms with Crippen molar-refractivity contribution in [2.45, 2.75) is 25.6 Å². The van der Waals surface area contributed by atoms with E-state index in [1.165, 1.54) is 16.6 Å². The van der Waals surface area contributed by atoms with Crippen molar-refractivity contribution in [1.82, 2.24) is 19.4 Å². The number of nitrogens with zero attached hydrogens (tertiary/aromatic N) is 4. The molecule has 7 nitrogen and oxygen atoms in total. The lowest BCUT2D eigenvalue weighted by atomic mass is 10.1. The smallest absolute Gasteiger partial charge is 0.419 e. The topological polar surface area (TPSA) is 77.3 Å². The summed E-state index contributed by atoms with van der Waals surface area (Å²) >= 11 is 0. The van der Waals surface area contributed by atoms with Gasteiger partial charge in [-0.05, 0) is 65.7 Å². The summed E-state index contributed by atoms with van der Waals surface area (Å²) < 4.78 is 60.1. The van der Waals surface area contributed by atoms with Gasteiger partial charge in [-0.3, -0.25) is 19.1 Å². The number of pyridine rings is 1. The molecule has 43 heavy (non-hydrogen) atoms. The Morgan fingerprint density at radius 3 is 2.42 bits per heavy atom. The molecule has 5 aromatic rings. The molecule has 0 spiro atoms. The number of carbonyl (C=O) groups is 1. The summed E-state index contributed by atoms with van der Waals surface area (Å²) in [5, 5.41) is 0.426. The number of fused-ring (bicyclic) bond motifs is 1. The second-order valence-corrected chi connectivity index (χ2v) is 9.80. The summed E-state index contributed by atoms with van der Waals surface area (Å²) in [6, 6.07) is 19.8. The van der Waals surface area contributed by atoms with Gasteiger partial charge in [-0.25, -0.2) is 9.37 Å². The molecule has 2 aromatic heterocycles. The van der Waals surface area contributed by atoms with Crippen LogP contribution in [0.15, 0.2) is 96.1 Å². The molecule has 0 aliphatic carbocycles. The van der Waals surface area contributed by atoms with Crippen LogP contribution < -0.4 is 10.3 Å². The number of amides is 1. The first kappa shape index (κ1) is 29.4. The molecule has 0 atom stereocenters. The highest BCUT2D eigenvalue weighted by atomic mass is 19.4. The van der Waals surface area contributed by atoms with Gasteiger partial charge in [0, 0.05) is 31.9 Å². The third kappa shape index (κ3) is 6.72. The van der Waals surface area contributed by atoms with Crippen LogP contribution in [0.5, 0.6) is 5.75 Å². The minimum atomic E-state index is -4.84. The van der Waals surface area contributed by atoms with Gasteiger partial charge >= 0.3 is 6.18 Å². The maximum Gasteiger partial charge on any atom is 0.419 e. The number of para-hydroxylation sites is 1. The minimum absolute atomic E-state index is 0.102. The normalized spacial score (nSPS) is 11.5. The molecule has 2 heterocycles. The van der Waals surface area contributed by atoms with E-state index in [-0.39, 0.29) is 37.1 Å². The van der Waals surface area contributed by atoms with Gasteiger partial charge in [-0.15, -0.1) is 0 Å². The zero-order chi connectivity index (χ0) is 30.6. The summed E-state index contributed by atoms with van der Waals surface area (Å²) in [4.78, 5) is 37.5. The lowest BCUT2D eigenvalue weighted by Crippen LogP contribution is -2.35. The second-order valence-electron chi connectivity index (χ2n) is 9.80. The zero-order valence-electron chi connectivity index (χ0n) is 23.0. The Hall–Kier alpha value is -5.06. The van der Waals surface area contributed by atoms with Gasteiger partial charge in [-0.1, -0.05) is 24.3 Å². The van der Waals surface area contributed by atoms with Gasteiger partial charge in [0.05, 0.1) is 35.7 Å². The number of alkyl halides is 3. The molecule has 3 aromatic carbocycles. The highest BCUT2D eigenvalue weighted by molar-refractivity contribution is 5.79. The number of halogens is 4. The molecule has 220 valence electrons. The molecule has 11 heteroatoms. The van der Waals surface area contributed by atoms with Crippen LogP contribution >= 0.6 is 0 Å². The highest BCUT2D eigenvalue weighted by Gasteiger charge is 2.34. The molecule has 0 unspecified atom stereocenters. The van der Waals surface area contributed by atoms with Crippen molar-refractivity contribution in [1.29, 1.82) is 0 Å². The maximum atomic E-state index is 14.2. The Morgan fingerprint density at radius 1 is 0.977 bits per heavy atom. The van der Waals surface area contributed by atoms with Gasteiger partial charge in [0.25, 0.3) is 5.56 Å². The molecule has 5 rings (SSSR count). The van der Waals surface area contributed by atoms with Crippen molar-refractivity contribution in [3.05, 3.63) is 130 Å². The number of aromatic nitrogens is 3. The molecule has 0 bridgehead atoms. The van der Waals surface area contributed by atoms with Crippen LogP contribution in [0.4, 0.5) is 17.6 Å². The third-order valence-corrected chi connectivity index (χ3v) is 6.92. The molecule has 0 saturated heterocycles. The number of hydrogen-bond acceptors (Lipinski definition) is 5. The van der Waals surface area contributed by atoms with Gasteiger partial charge in [0.1, 0.15) is 17.4 Å². The fourth-order valence-electron chi connectivity index (χ4n) is 4.77.